The highest BCUT2D eigenvalue weighted by atomic mass is 79.9. The summed E-state index contributed by atoms with van der Waals surface area (Å²) in [4.78, 5) is 4.38. The number of pyridine rings is 1. The van der Waals surface area contributed by atoms with Crippen molar-refractivity contribution < 1.29 is 4.39 Å². The van der Waals surface area contributed by atoms with Gasteiger partial charge in [-0.1, -0.05) is 28.1 Å². The lowest BCUT2D eigenvalue weighted by Crippen LogP contribution is -2.14. The Balaban J connectivity index is 1.92. The number of halogens is 2. The van der Waals surface area contributed by atoms with Gasteiger partial charge in [0.1, 0.15) is 5.82 Å². The van der Waals surface area contributed by atoms with Crippen molar-refractivity contribution in [3.8, 4) is 0 Å². The van der Waals surface area contributed by atoms with E-state index in [0.717, 1.165) is 15.9 Å². The maximum atomic E-state index is 13.6. The van der Waals surface area contributed by atoms with Crippen LogP contribution in [0.25, 0.3) is 0 Å². The summed E-state index contributed by atoms with van der Waals surface area (Å²) in [7, 11) is 0. The number of hydrogen-bond donors (Lipinski definition) is 1. The van der Waals surface area contributed by atoms with Crippen LogP contribution in [0, 0.1) is 12.7 Å². The predicted molar refractivity (Wildman–Crippen MR) is 73.6 cm³/mol. The van der Waals surface area contributed by atoms with E-state index in [-0.39, 0.29) is 5.82 Å². The van der Waals surface area contributed by atoms with Gasteiger partial charge in [-0.25, -0.2) is 4.39 Å². The number of benzene rings is 1. The first-order valence-electron chi connectivity index (χ1n) is 5.72. The van der Waals surface area contributed by atoms with E-state index >= 15 is 0 Å². The Hall–Kier alpha value is -1.26. The molecule has 0 aliphatic heterocycles. The molecule has 0 saturated carbocycles. The van der Waals surface area contributed by atoms with E-state index < -0.39 is 0 Å². The van der Waals surface area contributed by atoms with Crippen LogP contribution >= 0.6 is 15.9 Å². The zero-order chi connectivity index (χ0) is 13.0. The monoisotopic (exact) mass is 308 g/mol. The summed E-state index contributed by atoms with van der Waals surface area (Å²) in [6.45, 7) is 3.09. The number of hydrogen-bond acceptors (Lipinski definition) is 2. The van der Waals surface area contributed by atoms with Crippen molar-refractivity contribution in [1.82, 2.24) is 10.3 Å². The fourth-order valence-corrected chi connectivity index (χ4v) is 2.02. The molecule has 0 bridgehead atoms. The zero-order valence-electron chi connectivity index (χ0n) is 10.1. The van der Waals surface area contributed by atoms with Gasteiger partial charge in [-0.3, -0.25) is 4.98 Å². The largest absolute Gasteiger partial charge is 0.307 e. The van der Waals surface area contributed by atoms with E-state index in [9.17, 15) is 4.39 Å². The molecule has 0 unspecified atom stereocenters. The minimum atomic E-state index is -0.200. The van der Waals surface area contributed by atoms with Crippen molar-refractivity contribution in [2.75, 3.05) is 0 Å². The number of aromatic nitrogens is 1. The molecule has 0 fully saturated rings. The second kappa shape index (κ2) is 6.07. The van der Waals surface area contributed by atoms with E-state index in [1.165, 1.54) is 6.07 Å². The number of nitrogens with zero attached hydrogens (tertiary/aromatic N) is 1. The number of rotatable bonds is 4. The molecule has 18 heavy (non-hydrogen) atoms. The summed E-state index contributed by atoms with van der Waals surface area (Å²) in [5.74, 6) is -0.200. The van der Waals surface area contributed by atoms with Gasteiger partial charge >= 0.3 is 0 Å². The van der Waals surface area contributed by atoms with Gasteiger partial charge in [0.25, 0.3) is 0 Å². The van der Waals surface area contributed by atoms with E-state index in [2.05, 4.69) is 26.2 Å². The second-order valence-electron chi connectivity index (χ2n) is 4.11. The van der Waals surface area contributed by atoms with Gasteiger partial charge in [-0.15, -0.1) is 0 Å². The van der Waals surface area contributed by atoms with Crippen LogP contribution in [-0.4, -0.2) is 4.98 Å². The molecule has 2 nitrogen and oxygen atoms in total. The highest BCUT2D eigenvalue weighted by Crippen LogP contribution is 2.15. The topological polar surface area (TPSA) is 24.9 Å². The molecule has 1 heterocycles. The van der Waals surface area contributed by atoms with Crippen molar-refractivity contribution in [2.24, 2.45) is 0 Å². The Bertz CT molecular complexity index is 543. The Morgan fingerprint density at radius 2 is 2.06 bits per heavy atom. The summed E-state index contributed by atoms with van der Waals surface area (Å²) in [6.07, 6.45) is 0. The first kappa shape index (κ1) is 13.2. The third-order valence-corrected chi connectivity index (χ3v) is 3.08. The average molecular weight is 309 g/mol. The zero-order valence-corrected chi connectivity index (χ0v) is 11.7. The van der Waals surface area contributed by atoms with Crippen LogP contribution in [0.3, 0.4) is 0 Å². The number of aryl methyl sites for hydroxylation is 1. The Labute approximate surface area is 114 Å². The normalized spacial score (nSPS) is 10.6. The molecule has 1 aromatic carbocycles. The van der Waals surface area contributed by atoms with Crippen molar-refractivity contribution in [1.29, 1.82) is 0 Å². The summed E-state index contributed by atoms with van der Waals surface area (Å²) in [6, 6.07) is 11.0. The summed E-state index contributed by atoms with van der Waals surface area (Å²) in [5, 5.41) is 3.19. The molecule has 0 aliphatic rings. The molecular formula is C14H14BrFN2. The Morgan fingerprint density at radius 3 is 2.78 bits per heavy atom. The minimum absolute atomic E-state index is 0.200. The van der Waals surface area contributed by atoms with Crippen molar-refractivity contribution >= 4 is 15.9 Å². The lowest BCUT2D eigenvalue weighted by molar-refractivity contribution is 0.585. The molecule has 4 heteroatoms. The van der Waals surface area contributed by atoms with E-state index in [1.807, 2.05) is 31.2 Å². The molecule has 0 aliphatic carbocycles. The summed E-state index contributed by atoms with van der Waals surface area (Å²) < 4.78 is 14.3. The molecule has 0 spiro atoms. The fraction of sp³-hybridized carbons (Fsp3) is 0.214. The van der Waals surface area contributed by atoms with E-state index in [1.54, 1.807) is 6.07 Å². The third-order valence-electron chi connectivity index (χ3n) is 2.58. The first-order valence-corrected chi connectivity index (χ1v) is 6.51. The highest BCUT2D eigenvalue weighted by molar-refractivity contribution is 9.10. The van der Waals surface area contributed by atoms with E-state index in [0.29, 0.717) is 18.7 Å². The summed E-state index contributed by atoms with van der Waals surface area (Å²) in [5.41, 5.74) is 2.61. The van der Waals surface area contributed by atoms with Crippen molar-refractivity contribution in [2.45, 2.75) is 20.0 Å². The second-order valence-corrected chi connectivity index (χ2v) is 5.03. The first-order chi connectivity index (χ1) is 8.65. The molecule has 0 atom stereocenters. The third kappa shape index (κ3) is 3.62. The molecule has 0 amide bonds. The van der Waals surface area contributed by atoms with Crippen molar-refractivity contribution in [3.05, 3.63) is 63.6 Å². The quantitative estimate of drug-likeness (QED) is 0.934. The smallest absolute Gasteiger partial charge is 0.128 e. The molecule has 0 radical (unpaired) electrons. The lowest BCUT2D eigenvalue weighted by Gasteiger charge is -2.06. The molecule has 1 aromatic heterocycles. The van der Waals surface area contributed by atoms with Gasteiger partial charge in [0.15, 0.2) is 0 Å². The fourth-order valence-electron chi connectivity index (χ4n) is 1.69. The van der Waals surface area contributed by atoms with Gasteiger partial charge in [-0.05, 0) is 31.2 Å². The van der Waals surface area contributed by atoms with Crippen LogP contribution in [0.2, 0.25) is 0 Å². The van der Waals surface area contributed by atoms with Crippen LogP contribution < -0.4 is 5.32 Å². The van der Waals surface area contributed by atoms with Gasteiger partial charge in [0, 0.05) is 28.8 Å². The lowest BCUT2D eigenvalue weighted by atomic mass is 10.2. The van der Waals surface area contributed by atoms with E-state index in [4.69, 9.17) is 0 Å². The van der Waals surface area contributed by atoms with Gasteiger partial charge in [0.05, 0.1) is 5.69 Å². The maximum absolute atomic E-state index is 13.6. The van der Waals surface area contributed by atoms with Crippen molar-refractivity contribution in [3.63, 3.8) is 0 Å². The standard InChI is InChI=1S/C14H14BrFN2/c1-10-3-2-4-13(18-10)9-17-8-11-5-6-12(15)7-14(11)16/h2-7,17H,8-9H2,1H3. The molecular weight excluding hydrogens is 295 g/mol. The Morgan fingerprint density at radius 1 is 1.22 bits per heavy atom. The molecule has 1 N–H and O–H groups in total. The van der Waals surface area contributed by atoms with Crippen LogP contribution in [-0.2, 0) is 13.1 Å². The Kier molecular flexibility index (Phi) is 4.44. The van der Waals surface area contributed by atoms with Gasteiger partial charge in [-0.2, -0.15) is 0 Å². The molecule has 94 valence electrons. The molecule has 2 rings (SSSR count). The predicted octanol–water partition coefficient (Wildman–Crippen LogP) is 3.58. The average Bonchev–Trinajstić information content (AvgIpc) is 2.32. The minimum Gasteiger partial charge on any atom is -0.307 e. The SMILES string of the molecule is Cc1cccc(CNCc2ccc(Br)cc2F)n1. The molecule has 2 aromatic rings. The highest BCUT2D eigenvalue weighted by Gasteiger charge is 2.02. The van der Waals surface area contributed by atoms with Gasteiger partial charge < -0.3 is 5.32 Å². The van der Waals surface area contributed by atoms with Crippen LogP contribution in [0.4, 0.5) is 4.39 Å². The van der Waals surface area contributed by atoms with Crippen LogP contribution in [0.1, 0.15) is 17.0 Å². The van der Waals surface area contributed by atoms with Crippen LogP contribution in [0.5, 0.6) is 0 Å². The maximum Gasteiger partial charge on any atom is 0.128 e. The van der Waals surface area contributed by atoms with Crippen LogP contribution in [0.15, 0.2) is 40.9 Å². The molecule has 0 saturated heterocycles. The van der Waals surface area contributed by atoms with Gasteiger partial charge in [0.2, 0.25) is 0 Å². The number of nitrogens with one attached hydrogen (secondary N) is 1. The summed E-state index contributed by atoms with van der Waals surface area (Å²) >= 11 is 3.24.